The molecule has 0 N–H and O–H groups in total. The van der Waals surface area contributed by atoms with Crippen LogP contribution in [0, 0.1) is 5.92 Å². The highest BCUT2D eigenvalue weighted by molar-refractivity contribution is 5.72. The van der Waals surface area contributed by atoms with Crippen LogP contribution in [0.25, 0.3) is 11.1 Å². The van der Waals surface area contributed by atoms with E-state index < -0.39 is 35.4 Å². The second kappa shape index (κ2) is 13.5. The fourth-order valence-corrected chi connectivity index (χ4v) is 7.98. The van der Waals surface area contributed by atoms with Crippen LogP contribution in [0.4, 0.5) is 32.2 Å². The van der Waals surface area contributed by atoms with Crippen molar-refractivity contribution < 1.29 is 26.3 Å². The quantitative estimate of drug-likeness (QED) is 0.166. The molecule has 3 fully saturated rings. The van der Waals surface area contributed by atoms with E-state index in [9.17, 15) is 26.3 Å². The molecule has 3 nitrogen and oxygen atoms in total. The zero-order chi connectivity index (χ0) is 35.2. The molecule has 4 atom stereocenters. The minimum absolute atomic E-state index is 0.0161. The van der Waals surface area contributed by atoms with E-state index in [-0.39, 0.29) is 18.1 Å². The van der Waals surface area contributed by atoms with Gasteiger partial charge in [0, 0.05) is 36.3 Å². The number of benzene rings is 2. The maximum Gasteiger partial charge on any atom is 0.416 e. The van der Waals surface area contributed by atoms with Crippen molar-refractivity contribution in [3.63, 3.8) is 0 Å². The molecule has 0 radical (unpaired) electrons. The summed E-state index contributed by atoms with van der Waals surface area (Å²) < 4.78 is 82.5. The lowest BCUT2D eigenvalue weighted by molar-refractivity contribution is -0.143. The van der Waals surface area contributed by atoms with Gasteiger partial charge < -0.3 is 9.80 Å². The lowest BCUT2D eigenvalue weighted by Crippen LogP contribution is -2.38. The van der Waals surface area contributed by atoms with Gasteiger partial charge in [0.15, 0.2) is 0 Å². The molecular formula is C40H45F6N3. The fourth-order valence-electron chi connectivity index (χ4n) is 7.98. The highest BCUT2D eigenvalue weighted by Crippen LogP contribution is 2.46. The van der Waals surface area contributed by atoms with E-state index in [0.717, 1.165) is 86.4 Å². The molecule has 0 spiro atoms. The number of aromatic nitrogens is 1. The standard InChI is InChI=1S/C40H45F6N3/c1-6-24(3)28-10-12-29(18-28)30-11-9-27(7-2)36(21-30)34-13-14-38(48-15-8-16-48)47-37(34)23-49-25(4)17-35(26(49)5)31-19-32(39(41,42)43)22-33(20-31)40(44,45)46/h9,11,13-14,19-22,26,28-29,35H,3-4,6-8,10,12,15-18,23H2,1-2,5H3. The van der Waals surface area contributed by atoms with Crippen LogP contribution in [0.5, 0.6) is 0 Å². The van der Waals surface area contributed by atoms with Crippen molar-refractivity contribution >= 4 is 5.82 Å². The number of allylic oxidation sites excluding steroid dienone is 2. The number of halogens is 6. The number of anilines is 1. The number of pyridine rings is 1. The SMILES string of the molecule is C=C(CC)C1CCC(c2ccc(CC)c(-c3ccc(N4CCC4)nc3CN3C(=C)CC(c4cc(C(F)(F)F)cc(C(F)(F)F)c4)C3C)c2)C1. The summed E-state index contributed by atoms with van der Waals surface area (Å²) in [7, 11) is 0. The van der Waals surface area contributed by atoms with Crippen LogP contribution in [0.1, 0.15) is 105 Å². The molecule has 3 aromatic rings. The Bertz CT molecular complexity index is 1690. The molecule has 1 aromatic heterocycles. The lowest BCUT2D eigenvalue weighted by Gasteiger charge is -2.33. The monoisotopic (exact) mass is 681 g/mol. The van der Waals surface area contributed by atoms with Gasteiger partial charge in [0.05, 0.1) is 23.4 Å². The lowest BCUT2D eigenvalue weighted by atomic mass is 9.88. The summed E-state index contributed by atoms with van der Waals surface area (Å²) in [6.07, 6.45) is -3.29. The van der Waals surface area contributed by atoms with Crippen molar-refractivity contribution in [1.82, 2.24) is 9.88 Å². The van der Waals surface area contributed by atoms with E-state index in [4.69, 9.17) is 4.98 Å². The third-order valence-electron chi connectivity index (χ3n) is 11.2. The van der Waals surface area contributed by atoms with Crippen molar-refractivity contribution in [3.8, 4) is 11.1 Å². The zero-order valence-corrected chi connectivity index (χ0v) is 28.5. The molecular weight excluding hydrogens is 636 g/mol. The molecule has 1 aliphatic carbocycles. The molecule has 2 aromatic carbocycles. The number of rotatable bonds is 9. The summed E-state index contributed by atoms with van der Waals surface area (Å²) in [5, 5.41) is 0. The Kier molecular flexibility index (Phi) is 9.68. The maximum absolute atomic E-state index is 13.8. The molecule has 3 heterocycles. The Morgan fingerprint density at radius 2 is 1.57 bits per heavy atom. The molecule has 1 saturated carbocycles. The predicted octanol–water partition coefficient (Wildman–Crippen LogP) is 11.3. The van der Waals surface area contributed by atoms with Crippen molar-refractivity contribution in [2.75, 3.05) is 18.0 Å². The Labute approximate surface area is 285 Å². The van der Waals surface area contributed by atoms with Gasteiger partial charge in [-0.05, 0) is 116 Å². The molecule has 0 amide bonds. The molecule has 3 aliphatic rings. The summed E-state index contributed by atoms with van der Waals surface area (Å²) in [4.78, 5) is 9.41. The van der Waals surface area contributed by atoms with Crippen LogP contribution < -0.4 is 4.90 Å². The van der Waals surface area contributed by atoms with Gasteiger partial charge in [0.2, 0.25) is 0 Å². The van der Waals surface area contributed by atoms with E-state index in [1.807, 2.05) is 11.8 Å². The van der Waals surface area contributed by atoms with Gasteiger partial charge in [-0.25, -0.2) is 4.98 Å². The van der Waals surface area contributed by atoms with Crippen LogP contribution in [0.2, 0.25) is 0 Å². The summed E-state index contributed by atoms with van der Waals surface area (Å²) in [5.74, 6) is 1.26. The number of hydrogen-bond donors (Lipinski definition) is 0. The van der Waals surface area contributed by atoms with E-state index in [0.29, 0.717) is 24.1 Å². The van der Waals surface area contributed by atoms with Crippen LogP contribution in [-0.2, 0) is 25.3 Å². The first-order valence-electron chi connectivity index (χ1n) is 17.5. The number of aryl methyl sites for hydroxylation is 1. The average Bonchev–Trinajstić information content (AvgIpc) is 3.64. The number of alkyl halides is 6. The molecule has 6 rings (SSSR count). The van der Waals surface area contributed by atoms with Crippen molar-refractivity contribution in [2.45, 2.75) is 102 Å². The normalized spacial score (nSPS) is 22.9. The summed E-state index contributed by atoms with van der Waals surface area (Å²) in [6.45, 7) is 16.9. The van der Waals surface area contributed by atoms with Gasteiger partial charge in [-0.1, -0.05) is 50.8 Å². The van der Waals surface area contributed by atoms with E-state index >= 15 is 0 Å². The number of likely N-dealkylation sites (tertiary alicyclic amines) is 1. The first-order valence-corrected chi connectivity index (χ1v) is 17.5. The van der Waals surface area contributed by atoms with Crippen molar-refractivity contribution in [2.24, 2.45) is 5.92 Å². The second-order valence-corrected chi connectivity index (χ2v) is 14.1. The van der Waals surface area contributed by atoms with Crippen LogP contribution >= 0.6 is 0 Å². The third kappa shape index (κ3) is 7.13. The van der Waals surface area contributed by atoms with Crippen LogP contribution in [-0.4, -0.2) is 29.0 Å². The minimum Gasteiger partial charge on any atom is -0.366 e. The van der Waals surface area contributed by atoms with Gasteiger partial charge >= 0.3 is 12.4 Å². The molecule has 49 heavy (non-hydrogen) atoms. The fraction of sp³-hybridized carbons (Fsp3) is 0.475. The molecule has 4 unspecified atom stereocenters. The Morgan fingerprint density at radius 1 is 0.878 bits per heavy atom. The Hall–Kier alpha value is -3.75. The van der Waals surface area contributed by atoms with E-state index in [1.54, 1.807) is 0 Å². The Morgan fingerprint density at radius 3 is 2.16 bits per heavy atom. The van der Waals surface area contributed by atoms with E-state index in [2.05, 4.69) is 62.2 Å². The van der Waals surface area contributed by atoms with Crippen LogP contribution in [0.15, 0.2) is 73.0 Å². The van der Waals surface area contributed by atoms with Crippen molar-refractivity contribution in [3.05, 3.63) is 106 Å². The zero-order valence-electron chi connectivity index (χ0n) is 28.5. The molecule has 9 heteroatoms. The number of hydrogen-bond acceptors (Lipinski definition) is 3. The summed E-state index contributed by atoms with van der Waals surface area (Å²) in [5.41, 5.74) is 4.87. The van der Waals surface area contributed by atoms with E-state index in [1.165, 1.54) is 16.7 Å². The predicted molar refractivity (Wildman–Crippen MR) is 183 cm³/mol. The topological polar surface area (TPSA) is 19.4 Å². The van der Waals surface area contributed by atoms with Gasteiger partial charge in [0.25, 0.3) is 0 Å². The van der Waals surface area contributed by atoms with Crippen LogP contribution in [0.3, 0.4) is 0 Å². The van der Waals surface area contributed by atoms with Gasteiger partial charge in [0.1, 0.15) is 5.82 Å². The summed E-state index contributed by atoms with van der Waals surface area (Å²) in [6, 6.07) is 12.5. The first kappa shape index (κ1) is 35.1. The number of nitrogens with zero attached hydrogens (tertiary/aromatic N) is 3. The summed E-state index contributed by atoms with van der Waals surface area (Å²) >= 11 is 0. The average molecular weight is 682 g/mol. The molecule has 2 aliphatic heterocycles. The largest absolute Gasteiger partial charge is 0.416 e. The Balaban J connectivity index is 1.36. The smallest absolute Gasteiger partial charge is 0.366 e. The highest BCUT2D eigenvalue weighted by Gasteiger charge is 2.41. The molecule has 0 bridgehead atoms. The van der Waals surface area contributed by atoms with Gasteiger partial charge in [-0.2, -0.15) is 26.3 Å². The van der Waals surface area contributed by atoms with Gasteiger partial charge in [-0.15, -0.1) is 0 Å². The third-order valence-corrected chi connectivity index (χ3v) is 11.2. The first-order chi connectivity index (χ1) is 23.2. The molecule has 262 valence electrons. The van der Waals surface area contributed by atoms with Gasteiger partial charge in [-0.3, -0.25) is 0 Å². The highest BCUT2D eigenvalue weighted by atomic mass is 19.4. The maximum atomic E-state index is 13.8. The minimum atomic E-state index is -4.90. The molecule has 2 saturated heterocycles. The van der Waals surface area contributed by atoms with Crippen molar-refractivity contribution in [1.29, 1.82) is 0 Å². The second-order valence-electron chi connectivity index (χ2n) is 14.1.